The van der Waals surface area contributed by atoms with E-state index < -0.39 is 12.1 Å². The summed E-state index contributed by atoms with van der Waals surface area (Å²) >= 11 is 6.29. The number of likely N-dealkylation sites (tertiary alicyclic amines) is 1. The van der Waals surface area contributed by atoms with Crippen LogP contribution in [0, 0.1) is 18.7 Å². The van der Waals surface area contributed by atoms with Crippen molar-refractivity contribution >= 4 is 34.4 Å². The Morgan fingerprint density at radius 1 is 1.24 bits per heavy atom. The minimum atomic E-state index is -0.846. The molecule has 178 valence electrons. The van der Waals surface area contributed by atoms with Gasteiger partial charge in [0.25, 0.3) is 5.91 Å². The zero-order valence-electron chi connectivity index (χ0n) is 19.1. The van der Waals surface area contributed by atoms with Crippen LogP contribution in [0.15, 0.2) is 42.5 Å². The van der Waals surface area contributed by atoms with Crippen LogP contribution in [0.4, 0.5) is 4.39 Å². The maximum Gasteiger partial charge on any atom is 0.303 e. The quantitative estimate of drug-likeness (QED) is 0.468. The number of benzene rings is 2. The lowest BCUT2D eigenvalue weighted by Crippen LogP contribution is -2.46. The number of rotatable bonds is 6. The number of hydrogen-bond acceptors (Lipinski definition) is 4. The summed E-state index contributed by atoms with van der Waals surface area (Å²) in [7, 11) is 0. The van der Waals surface area contributed by atoms with Crippen molar-refractivity contribution in [1.29, 1.82) is 0 Å². The smallest absolute Gasteiger partial charge is 0.303 e. The molecule has 0 saturated carbocycles. The molecule has 2 heterocycles. The summed E-state index contributed by atoms with van der Waals surface area (Å²) in [6.07, 6.45) is 0.906. The van der Waals surface area contributed by atoms with Gasteiger partial charge in [0.05, 0.1) is 5.52 Å². The fraction of sp³-hybridized carbons (Fsp3) is 0.346. The number of carboxylic acid groups (broad SMARTS) is 1. The predicted molar refractivity (Wildman–Crippen MR) is 129 cm³/mol. The number of halogens is 2. The first kappa shape index (κ1) is 24.0. The lowest BCUT2D eigenvalue weighted by Gasteiger charge is -2.33. The molecule has 3 aromatic rings. The molecule has 1 aliphatic rings. The van der Waals surface area contributed by atoms with Crippen LogP contribution in [-0.4, -0.2) is 46.1 Å². The molecule has 1 aliphatic heterocycles. The fourth-order valence-electron chi connectivity index (χ4n) is 4.59. The topological polar surface area (TPSA) is 79.7 Å². The molecule has 4 rings (SSSR count). The Bertz CT molecular complexity index is 1250. The van der Waals surface area contributed by atoms with Crippen LogP contribution >= 0.6 is 11.6 Å². The molecule has 1 N–H and O–H groups in total. The number of fused-ring (bicyclic) bond motifs is 1. The Labute approximate surface area is 202 Å². The first-order chi connectivity index (χ1) is 16.2. The van der Waals surface area contributed by atoms with Gasteiger partial charge in [-0.3, -0.25) is 9.59 Å². The number of aryl methyl sites for hydroxylation is 1. The van der Waals surface area contributed by atoms with Crippen molar-refractivity contribution in [3.05, 3.63) is 59.0 Å². The zero-order chi connectivity index (χ0) is 24.4. The standard InChI is InChI=1S/C26H26ClFN2O4/c1-15-10-18(28)5-7-20(15)22-13-24(27)29-23-12-19(6-8-21(22)23)34-16(2)26(33)30-9-3-4-17(14-30)11-25(31)32/h5-8,10,12-13,16-17H,3-4,9,11,14H2,1-2H3,(H,31,32)/t16?,17-/m1/s1. The van der Waals surface area contributed by atoms with Crippen LogP contribution in [0.3, 0.4) is 0 Å². The van der Waals surface area contributed by atoms with E-state index in [0.29, 0.717) is 29.5 Å². The molecule has 1 fully saturated rings. The van der Waals surface area contributed by atoms with Gasteiger partial charge in [0, 0.05) is 31.0 Å². The van der Waals surface area contributed by atoms with Gasteiger partial charge in [-0.15, -0.1) is 0 Å². The number of carbonyl (C=O) groups excluding carboxylic acids is 1. The van der Waals surface area contributed by atoms with Crippen molar-refractivity contribution in [2.45, 2.75) is 39.2 Å². The van der Waals surface area contributed by atoms with Gasteiger partial charge < -0.3 is 14.7 Å². The predicted octanol–water partition coefficient (Wildman–Crippen LogP) is 5.48. The van der Waals surface area contributed by atoms with E-state index in [4.69, 9.17) is 21.4 Å². The molecule has 1 saturated heterocycles. The Morgan fingerprint density at radius 3 is 2.76 bits per heavy atom. The second-order valence-electron chi connectivity index (χ2n) is 8.78. The van der Waals surface area contributed by atoms with Crippen molar-refractivity contribution in [3.8, 4) is 16.9 Å². The summed E-state index contributed by atoms with van der Waals surface area (Å²) in [5.74, 6) is -0.882. The highest BCUT2D eigenvalue weighted by Crippen LogP contribution is 2.34. The summed E-state index contributed by atoms with van der Waals surface area (Å²) in [4.78, 5) is 30.1. The van der Waals surface area contributed by atoms with E-state index in [1.165, 1.54) is 12.1 Å². The van der Waals surface area contributed by atoms with Crippen molar-refractivity contribution in [2.24, 2.45) is 5.92 Å². The molecule has 34 heavy (non-hydrogen) atoms. The van der Waals surface area contributed by atoms with Gasteiger partial charge in [-0.2, -0.15) is 0 Å². The highest BCUT2D eigenvalue weighted by atomic mass is 35.5. The highest BCUT2D eigenvalue weighted by Gasteiger charge is 2.29. The lowest BCUT2D eigenvalue weighted by atomic mass is 9.94. The van der Waals surface area contributed by atoms with Gasteiger partial charge in [0.15, 0.2) is 6.10 Å². The summed E-state index contributed by atoms with van der Waals surface area (Å²) < 4.78 is 19.5. The van der Waals surface area contributed by atoms with E-state index in [2.05, 4.69) is 4.98 Å². The number of aliphatic carboxylic acids is 1. The number of amides is 1. The highest BCUT2D eigenvalue weighted by molar-refractivity contribution is 6.30. The largest absolute Gasteiger partial charge is 0.481 e. The van der Waals surface area contributed by atoms with E-state index in [1.807, 2.05) is 13.0 Å². The molecular formula is C26H26ClFN2O4. The molecule has 0 radical (unpaired) electrons. The first-order valence-corrected chi connectivity index (χ1v) is 11.6. The van der Waals surface area contributed by atoms with Gasteiger partial charge in [0.2, 0.25) is 0 Å². The molecule has 0 bridgehead atoms. The molecule has 0 aliphatic carbocycles. The van der Waals surface area contributed by atoms with Crippen LogP contribution in [-0.2, 0) is 9.59 Å². The molecule has 8 heteroatoms. The monoisotopic (exact) mass is 484 g/mol. The van der Waals surface area contributed by atoms with Crippen LogP contribution in [0.2, 0.25) is 5.15 Å². The maximum atomic E-state index is 13.6. The van der Waals surface area contributed by atoms with Gasteiger partial charge in [-0.05, 0) is 79.6 Å². The van der Waals surface area contributed by atoms with Crippen LogP contribution in [0.25, 0.3) is 22.0 Å². The summed E-state index contributed by atoms with van der Waals surface area (Å²) in [6, 6.07) is 11.7. The van der Waals surface area contributed by atoms with Crippen LogP contribution in [0.5, 0.6) is 5.75 Å². The molecule has 2 aromatic carbocycles. The molecule has 2 atom stereocenters. The van der Waals surface area contributed by atoms with Crippen LogP contribution < -0.4 is 4.74 Å². The average molecular weight is 485 g/mol. The van der Waals surface area contributed by atoms with E-state index in [1.54, 1.807) is 36.1 Å². The third-order valence-corrected chi connectivity index (χ3v) is 6.38. The zero-order valence-corrected chi connectivity index (χ0v) is 19.8. The number of carboxylic acids is 1. The lowest BCUT2D eigenvalue weighted by molar-refractivity contribution is -0.143. The Balaban J connectivity index is 1.55. The van der Waals surface area contributed by atoms with E-state index in [9.17, 15) is 14.0 Å². The molecule has 1 aromatic heterocycles. The van der Waals surface area contributed by atoms with E-state index >= 15 is 0 Å². The van der Waals surface area contributed by atoms with Gasteiger partial charge >= 0.3 is 5.97 Å². The molecular weight excluding hydrogens is 459 g/mol. The minimum absolute atomic E-state index is 0.0391. The van der Waals surface area contributed by atoms with Gasteiger partial charge in [-0.1, -0.05) is 17.7 Å². The van der Waals surface area contributed by atoms with Crippen molar-refractivity contribution in [3.63, 3.8) is 0 Å². The Hall–Kier alpha value is -3.19. The van der Waals surface area contributed by atoms with Gasteiger partial charge in [-0.25, -0.2) is 9.37 Å². The SMILES string of the molecule is Cc1cc(F)ccc1-c1cc(Cl)nc2cc(OC(C)C(=O)N3CCC[C@H](CC(=O)O)C3)ccc12. The summed E-state index contributed by atoms with van der Waals surface area (Å²) in [5, 5.41) is 10.2. The third-order valence-electron chi connectivity index (χ3n) is 6.18. The molecule has 6 nitrogen and oxygen atoms in total. The second-order valence-corrected chi connectivity index (χ2v) is 9.17. The number of pyridine rings is 1. The number of nitrogens with zero attached hydrogens (tertiary/aromatic N) is 2. The summed E-state index contributed by atoms with van der Waals surface area (Å²) in [6.45, 7) is 4.54. The summed E-state index contributed by atoms with van der Waals surface area (Å²) in [5.41, 5.74) is 3.07. The third kappa shape index (κ3) is 5.30. The van der Waals surface area contributed by atoms with Gasteiger partial charge in [0.1, 0.15) is 16.7 Å². The number of piperidine rings is 1. The maximum absolute atomic E-state index is 13.6. The molecule has 1 amide bonds. The van der Waals surface area contributed by atoms with Crippen molar-refractivity contribution in [2.75, 3.05) is 13.1 Å². The normalized spacial score (nSPS) is 16.9. The number of aromatic nitrogens is 1. The average Bonchev–Trinajstić information content (AvgIpc) is 2.77. The Morgan fingerprint density at radius 2 is 2.03 bits per heavy atom. The van der Waals surface area contributed by atoms with E-state index in [0.717, 1.165) is 34.9 Å². The second kappa shape index (κ2) is 9.97. The molecule has 0 spiro atoms. The number of hydrogen-bond donors (Lipinski definition) is 1. The Kier molecular flexibility index (Phi) is 7.03. The minimum Gasteiger partial charge on any atom is -0.481 e. The van der Waals surface area contributed by atoms with Crippen molar-refractivity contribution in [1.82, 2.24) is 9.88 Å². The van der Waals surface area contributed by atoms with E-state index in [-0.39, 0.29) is 24.1 Å². The van der Waals surface area contributed by atoms with Crippen LogP contribution in [0.1, 0.15) is 31.7 Å². The number of ether oxygens (including phenoxy) is 1. The fourth-order valence-corrected chi connectivity index (χ4v) is 4.79. The first-order valence-electron chi connectivity index (χ1n) is 11.3. The number of carbonyl (C=O) groups is 2. The molecule has 1 unspecified atom stereocenters. The van der Waals surface area contributed by atoms with Crippen molar-refractivity contribution < 1.29 is 23.8 Å².